The van der Waals surface area contributed by atoms with Crippen LogP contribution in [0.2, 0.25) is 0 Å². The second kappa shape index (κ2) is 3.67. The zero-order valence-electron chi connectivity index (χ0n) is 8.10. The van der Waals surface area contributed by atoms with Crippen LogP contribution < -0.4 is 10.6 Å². The fraction of sp³-hybridized carbons (Fsp3) is 0.400. The van der Waals surface area contributed by atoms with Crippen molar-refractivity contribution in [1.29, 1.82) is 0 Å². The van der Waals surface area contributed by atoms with Crippen molar-refractivity contribution in [3.05, 3.63) is 24.0 Å². The van der Waals surface area contributed by atoms with E-state index in [9.17, 15) is 14.6 Å². The maximum absolute atomic E-state index is 13.2. The number of rotatable bonds is 1. The summed E-state index contributed by atoms with van der Waals surface area (Å²) < 4.78 is 13.2. The Hall–Kier alpha value is -1.33. The van der Waals surface area contributed by atoms with Gasteiger partial charge in [0.25, 0.3) is 0 Å². The number of benzene rings is 1. The van der Waals surface area contributed by atoms with Gasteiger partial charge in [-0.1, -0.05) is 6.07 Å². The predicted octanol–water partition coefficient (Wildman–Crippen LogP) is -0.0503. The second-order valence-corrected chi connectivity index (χ2v) is 3.71. The zero-order chi connectivity index (χ0) is 11.0. The van der Waals surface area contributed by atoms with Gasteiger partial charge < -0.3 is 20.8 Å². The SMILES string of the molecule is Nc1c(F)cccc1N1CC(O)C(O)C1. The molecule has 2 rings (SSSR count). The summed E-state index contributed by atoms with van der Waals surface area (Å²) in [4.78, 5) is 1.67. The molecular formula is C10H13FN2O2. The summed E-state index contributed by atoms with van der Waals surface area (Å²) in [5, 5.41) is 18.7. The molecule has 5 heteroatoms. The van der Waals surface area contributed by atoms with Crippen LogP contribution in [0.25, 0.3) is 0 Å². The van der Waals surface area contributed by atoms with Gasteiger partial charge in [0, 0.05) is 13.1 Å². The summed E-state index contributed by atoms with van der Waals surface area (Å²) >= 11 is 0. The predicted molar refractivity (Wildman–Crippen MR) is 55.0 cm³/mol. The number of nitrogen functional groups attached to an aromatic ring is 1. The van der Waals surface area contributed by atoms with Crippen molar-refractivity contribution >= 4 is 11.4 Å². The number of nitrogens with two attached hydrogens (primary N) is 1. The van der Waals surface area contributed by atoms with Crippen LogP contribution in [0.15, 0.2) is 18.2 Å². The molecule has 1 aromatic carbocycles. The molecule has 0 amide bonds. The van der Waals surface area contributed by atoms with Crippen LogP contribution in [0.3, 0.4) is 0 Å². The molecule has 0 saturated carbocycles. The summed E-state index contributed by atoms with van der Waals surface area (Å²) in [5.41, 5.74) is 6.15. The Bertz CT molecular complexity index is 362. The quantitative estimate of drug-likeness (QED) is 0.571. The number of nitrogens with zero attached hydrogens (tertiary/aromatic N) is 1. The van der Waals surface area contributed by atoms with E-state index in [-0.39, 0.29) is 18.8 Å². The molecule has 0 aromatic heterocycles. The Morgan fingerprint density at radius 3 is 2.47 bits per heavy atom. The Balaban J connectivity index is 2.27. The minimum absolute atomic E-state index is 0.0544. The van der Waals surface area contributed by atoms with Crippen LogP contribution in [0.4, 0.5) is 15.8 Å². The number of β-amino-alcohol motifs (C(OH)–C–C–N with tert-alkyl or cyclic N) is 2. The highest BCUT2D eigenvalue weighted by Crippen LogP contribution is 2.28. The van der Waals surface area contributed by atoms with Gasteiger partial charge in [0.15, 0.2) is 0 Å². The lowest BCUT2D eigenvalue weighted by molar-refractivity contribution is 0.0572. The van der Waals surface area contributed by atoms with E-state index in [1.807, 2.05) is 0 Å². The third-order valence-electron chi connectivity index (χ3n) is 2.63. The van der Waals surface area contributed by atoms with E-state index < -0.39 is 18.0 Å². The largest absolute Gasteiger partial charge is 0.395 e. The van der Waals surface area contributed by atoms with Crippen molar-refractivity contribution in [2.45, 2.75) is 12.2 Å². The summed E-state index contributed by atoms with van der Waals surface area (Å²) in [5.74, 6) is -0.483. The van der Waals surface area contributed by atoms with Crippen LogP contribution in [0.1, 0.15) is 0 Å². The van der Waals surface area contributed by atoms with Crippen molar-refractivity contribution in [2.24, 2.45) is 0 Å². The fourth-order valence-corrected chi connectivity index (χ4v) is 1.77. The lowest BCUT2D eigenvalue weighted by Crippen LogP contribution is -2.22. The first kappa shape index (κ1) is 10.2. The third kappa shape index (κ3) is 1.75. The molecule has 0 radical (unpaired) electrons. The number of aliphatic hydroxyl groups excluding tert-OH is 2. The van der Waals surface area contributed by atoms with E-state index in [1.165, 1.54) is 6.07 Å². The van der Waals surface area contributed by atoms with E-state index >= 15 is 0 Å². The summed E-state index contributed by atoms with van der Waals surface area (Å²) in [6.07, 6.45) is -1.60. The Morgan fingerprint density at radius 2 is 1.87 bits per heavy atom. The standard InChI is InChI=1S/C10H13FN2O2/c11-6-2-1-3-7(10(6)12)13-4-8(14)9(15)5-13/h1-3,8-9,14-15H,4-5,12H2. The van der Waals surface area contributed by atoms with Crippen LogP contribution >= 0.6 is 0 Å². The lowest BCUT2D eigenvalue weighted by atomic mass is 10.2. The summed E-state index contributed by atoms with van der Waals surface area (Å²) in [6.45, 7) is 0.545. The second-order valence-electron chi connectivity index (χ2n) is 3.71. The molecule has 0 bridgehead atoms. The molecule has 1 heterocycles. The number of halogens is 1. The number of para-hydroxylation sites is 1. The minimum atomic E-state index is -0.798. The van der Waals surface area contributed by atoms with E-state index in [0.29, 0.717) is 5.69 Å². The maximum Gasteiger partial charge on any atom is 0.148 e. The molecule has 2 atom stereocenters. The molecule has 1 aliphatic heterocycles. The van der Waals surface area contributed by atoms with Gasteiger partial charge >= 0.3 is 0 Å². The van der Waals surface area contributed by atoms with Crippen molar-refractivity contribution in [1.82, 2.24) is 0 Å². The zero-order valence-corrected chi connectivity index (χ0v) is 8.10. The third-order valence-corrected chi connectivity index (χ3v) is 2.63. The summed E-state index contributed by atoms with van der Waals surface area (Å²) in [6, 6.07) is 4.50. The average molecular weight is 212 g/mol. The molecule has 2 unspecified atom stereocenters. The molecule has 0 spiro atoms. The molecular weight excluding hydrogens is 199 g/mol. The Morgan fingerprint density at radius 1 is 1.27 bits per heavy atom. The smallest absolute Gasteiger partial charge is 0.148 e. The first-order valence-corrected chi connectivity index (χ1v) is 4.74. The fourth-order valence-electron chi connectivity index (χ4n) is 1.77. The molecule has 1 aromatic rings. The minimum Gasteiger partial charge on any atom is -0.395 e. The van der Waals surface area contributed by atoms with Crippen LogP contribution in [-0.4, -0.2) is 35.5 Å². The first-order valence-electron chi connectivity index (χ1n) is 4.74. The molecule has 1 fully saturated rings. The van der Waals surface area contributed by atoms with E-state index in [1.54, 1.807) is 17.0 Å². The number of hydrogen-bond acceptors (Lipinski definition) is 4. The Labute approximate surface area is 86.7 Å². The highest BCUT2D eigenvalue weighted by Gasteiger charge is 2.30. The highest BCUT2D eigenvalue weighted by molar-refractivity contribution is 5.68. The van der Waals surface area contributed by atoms with Gasteiger partial charge in [-0.05, 0) is 12.1 Å². The van der Waals surface area contributed by atoms with E-state index in [2.05, 4.69) is 0 Å². The lowest BCUT2D eigenvalue weighted by Gasteiger charge is -2.19. The number of hydrogen-bond donors (Lipinski definition) is 3. The van der Waals surface area contributed by atoms with Crippen LogP contribution in [0.5, 0.6) is 0 Å². The Kier molecular flexibility index (Phi) is 2.50. The molecule has 15 heavy (non-hydrogen) atoms. The number of anilines is 2. The molecule has 82 valence electrons. The van der Waals surface area contributed by atoms with Crippen molar-refractivity contribution in [3.63, 3.8) is 0 Å². The van der Waals surface area contributed by atoms with Crippen LogP contribution in [-0.2, 0) is 0 Å². The van der Waals surface area contributed by atoms with Gasteiger partial charge in [-0.3, -0.25) is 0 Å². The van der Waals surface area contributed by atoms with Gasteiger partial charge in [-0.25, -0.2) is 4.39 Å². The van der Waals surface area contributed by atoms with Crippen molar-refractivity contribution < 1.29 is 14.6 Å². The van der Waals surface area contributed by atoms with E-state index in [0.717, 1.165) is 0 Å². The van der Waals surface area contributed by atoms with Crippen molar-refractivity contribution in [2.75, 3.05) is 23.7 Å². The topological polar surface area (TPSA) is 69.7 Å². The molecule has 1 saturated heterocycles. The monoisotopic (exact) mass is 212 g/mol. The maximum atomic E-state index is 13.2. The van der Waals surface area contributed by atoms with Gasteiger partial charge in [0.2, 0.25) is 0 Å². The molecule has 1 aliphatic rings. The van der Waals surface area contributed by atoms with Crippen molar-refractivity contribution in [3.8, 4) is 0 Å². The van der Waals surface area contributed by atoms with Gasteiger partial charge in [-0.15, -0.1) is 0 Å². The van der Waals surface area contributed by atoms with Crippen LogP contribution in [0, 0.1) is 5.82 Å². The highest BCUT2D eigenvalue weighted by atomic mass is 19.1. The van der Waals surface area contributed by atoms with Gasteiger partial charge in [0.05, 0.1) is 23.6 Å². The van der Waals surface area contributed by atoms with E-state index in [4.69, 9.17) is 5.73 Å². The number of aliphatic hydroxyl groups is 2. The first-order chi connectivity index (χ1) is 7.09. The molecule has 4 N–H and O–H groups in total. The molecule has 0 aliphatic carbocycles. The van der Waals surface area contributed by atoms with Gasteiger partial charge in [-0.2, -0.15) is 0 Å². The van der Waals surface area contributed by atoms with Gasteiger partial charge in [0.1, 0.15) is 5.82 Å². The molecule has 4 nitrogen and oxygen atoms in total. The normalized spacial score (nSPS) is 25.9. The summed E-state index contributed by atoms with van der Waals surface area (Å²) in [7, 11) is 0. The average Bonchev–Trinajstić information content (AvgIpc) is 2.51.